The van der Waals surface area contributed by atoms with Crippen molar-refractivity contribution >= 4 is 21.9 Å². The predicted octanol–water partition coefficient (Wildman–Crippen LogP) is 2.87. The Kier molecular flexibility index (Phi) is 3.82. The Hall–Kier alpha value is -1.66. The molecule has 3 rings (SSSR count). The van der Waals surface area contributed by atoms with Crippen molar-refractivity contribution in [3.63, 3.8) is 0 Å². The highest BCUT2D eigenvalue weighted by Gasteiger charge is 2.37. The van der Waals surface area contributed by atoms with E-state index in [0.717, 1.165) is 29.3 Å². The van der Waals surface area contributed by atoms with Gasteiger partial charge in [-0.2, -0.15) is 0 Å². The largest absolute Gasteiger partial charge is 0.456 e. The summed E-state index contributed by atoms with van der Waals surface area (Å²) in [7, 11) is 0. The number of aromatic nitrogens is 2. The third-order valence-electron chi connectivity index (χ3n) is 3.83. The summed E-state index contributed by atoms with van der Waals surface area (Å²) in [6.45, 7) is 0.211. The van der Waals surface area contributed by atoms with Gasteiger partial charge in [0.1, 0.15) is 18.1 Å². The molecule has 0 amide bonds. The van der Waals surface area contributed by atoms with Gasteiger partial charge in [-0.3, -0.25) is 0 Å². The van der Waals surface area contributed by atoms with Crippen molar-refractivity contribution in [2.24, 2.45) is 5.73 Å². The number of imidazole rings is 1. The molecule has 1 aromatic heterocycles. The van der Waals surface area contributed by atoms with Crippen LogP contribution in [0.25, 0.3) is 0 Å². The van der Waals surface area contributed by atoms with Crippen LogP contribution in [-0.2, 0) is 16.9 Å². The molecule has 0 radical (unpaired) electrons. The molecule has 0 bridgehead atoms. The number of benzene rings is 1. The smallest absolute Gasteiger partial charge is 0.356 e. The van der Waals surface area contributed by atoms with Crippen molar-refractivity contribution in [1.29, 1.82) is 0 Å². The summed E-state index contributed by atoms with van der Waals surface area (Å²) < 4.78 is 6.21. The normalized spacial score (nSPS) is 16.3. The minimum Gasteiger partial charge on any atom is -0.456 e. The van der Waals surface area contributed by atoms with Gasteiger partial charge in [0.25, 0.3) is 0 Å². The lowest BCUT2D eigenvalue weighted by molar-refractivity contribution is 0.0465. The molecule has 3 N–H and O–H groups in total. The lowest BCUT2D eigenvalue weighted by atomic mass is 9.77. The minimum atomic E-state index is -0.424. The molecule has 1 aliphatic rings. The fourth-order valence-corrected chi connectivity index (χ4v) is 2.71. The highest BCUT2D eigenvalue weighted by Crippen LogP contribution is 2.36. The Bertz CT molecular complexity index is 664. The number of hydrogen-bond acceptors (Lipinski definition) is 4. The second-order valence-corrected chi connectivity index (χ2v) is 6.18. The van der Waals surface area contributed by atoms with Gasteiger partial charge < -0.3 is 15.5 Å². The van der Waals surface area contributed by atoms with Crippen LogP contribution in [-0.4, -0.2) is 15.9 Å². The predicted molar refractivity (Wildman–Crippen MR) is 81.6 cm³/mol. The van der Waals surface area contributed by atoms with Gasteiger partial charge in [-0.15, -0.1) is 0 Å². The van der Waals surface area contributed by atoms with Crippen molar-refractivity contribution in [2.45, 2.75) is 31.4 Å². The lowest BCUT2D eigenvalue weighted by Gasteiger charge is -2.35. The summed E-state index contributed by atoms with van der Waals surface area (Å²) in [4.78, 5) is 19.2. The van der Waals surface area contributed by atoms with E-state index in [0.29, 0.717) is 11.5 Å². The molecule has 21 heavy (non-hydrogen) atoms. The maximum absolute atomic E-state index is 12.0. The number of nitrogens with one attached hydrogen (secondary N) is 1. The molecule has 1 heterocycles. The van der Waals surface area contributed by atoms with Crippen molar-refractivity contribution in [3.05, 3.63) is 52.0 Å². The van der Waals surface area contributed by atoms with Crippen LogP contribution in [0.1, 0.15) is 41.1 Å². The fourth-order valence-electron chi connectivity index (χ4n) is 2.31. The minimum absolute atomic E-state index is 0.211. The zero-order valence-electron chi connectivity index (χ0n) is 11.4. The Balaban J connectivity index is 1.65. The van der Waals surface area contributed by atoms with E-state index in [-0.39, 0.29) is 6.61 Å². The van der Waals surface area contributed by atoms with Crippen LogP contribution >= 0.6 is 15.9 Å². The van der Waals surface area contributed by atoms with Gasteiger partial charge in [-0.1, -0.05) is 34.1 Å². The molecule has 0 saturated heterocycles. The highest BCUT2D eigenvalue weighted by molar-refractivity contribution is 9.10. The van der Waals surface area contributed by atoms with Gasteiger partial charge in [-0.25, -0.2) is 9.78 Å². The van der Waals surface area contributed by atoms with Crippen LogP contribution in [0.4, 0.5) is 0 Å². The highest BCUT2D eigenvalue weighted by atomic mass is 79.9. The molecule has 1 aliphatic carbocycles. The SMILES string of the molecule is NC1(c2ncc(C(=O)OCc3ccccc3Br)[nH]2)CCC1. The number of carbonyl (C=O) groups is 1. The molecule has 6 heteroatoms. The van der Waals surface area contributed by atoms with Gasteiger partial charge in [0, 0.05) is 10.0 Å². The van der Waals surface area contributed by atoms with Crippen LogP contribution in [0.3, 0.4) is 0 Å². The van der Waals surface area contributed by atoms with Crippen molar-refractivity contribution in [3.8, 4) is 0 Å². The van der Waals surface area contributed by atoms with Crippen LogP contribution in [0.5, 0.6) is 0 Å². The van der Waals surface area contributed by atoms with E-state index in [1.807, 2.05) is 24.3 Å². The number of halogens is 1. The second-order valence-electron chi connectivity index (χ2n) is 5.32. The Morgan fingerprint density at radius 1 is 1.43 bits per heavy atom. The van der Waals surface area contributed by atoms with Gasteiger partial charge in [-0.05, 0) is 25.3 Å². The Morgan fingerprint density at radius 3 is 2.86 bits per heavy atom. The lowest BCUT2D eigenvalue weighted by Crippen LogP contribution is -2.44. The number of nitrogens with two attached hydrogens (primary N) is 1. The molecule has 1 saturated carbocycles. The van der Waals surface area contributed by atoms with Gasteiger partial charge in [0.05, 0.1) is 11.7 Å². The number of rotatable bonds is 4. The monoisotopic (exact) mass is 349 g/mol. The van der Waals surface area contributed by atoms with Crippen LogP contribution in [0.15, 0.2) is 34.9 Å². The third kappa shape index (κ3) is 2.87. The standard InChI is InChI=1S/C15H16BrN3O2/c16-11-5-2-1-4-10(11)9-21-13(20)12-8-18-14(19-12)15(17)6-3-7-15/h1-2,4-5,8H,3,6-7,9,17H2,(H,18,19). The fraction of sp³-hybridized carbons (Fsp3) is 0.333. The van der Waals surface area contributed by atoms with E-state index in [9.17, 15) is 4.79 Å². The number of ether oxygens (including phenoxy) is 1. The molecular weight excluding hydrogens is 334 g/mol. The van der Waals surface area contributed by atoms with E-state index in [1.54, 1.807) is 0 Å². The molecule has 110 valence electrons. The maximum atomic E-state index is 12.0. The van der Waals surface area contributed by atoms with E-state index >= 15 is 0 Å². The molecule has 2 aromatic rings. The molecule has 1 aromatic carbocycles. The maximum Gasteiger partial charge on any atom is 0.356 e. The summed E-state index contributed by atoms with van der Waals surface area (Å²) in [5.74, 6) is 0.244. The first-order chi connectivity index (χ1) is 10.1. The molecule has 0 aliphatic heterocycles. The first kappa shape index (κ1) is 14.3. The van der Waals surface area contributed by atoms with E-state index in [2.05, 4.69) is 25.9 Å². The van der Waals surface area contributed by atoms with E-state index in [1.165, 1.54) is 6.20 Å². The van der Waals surface area contributed by atoms with Gasteiger partial charge in [0.2, 0.25) is 0 Å². The number of aromatic amines is 1. The van der Waals surface area contributed by atoms with Gasteiger partial charge in [0.15, 0.2) is 0 Å². The summed E-state index contributed by atoms with van der Waals surface area (Å²) in [6, 6.07) is 7.62. The average Bonchev–Trinajstić information content (AvgIpc) is 2.94. The quantitative estimate of drug-likeness (QED) is 0.831. The summed E-state index contributed by atoms with van der Waals surface area (Å²) in [6.07, 6.45) is 4.38. The van der Waals surface area contributed by atoms with Crippen molar-refractivity contribution < 1.29 is 9.53 Å². The number of nitrogens with zero attached hydrogens (tertiary/aromatic N) is 1. The molecule has 0 spiro atoms. The zero-order chi connectivity index (χ0) is 14.9. The third-order valence-corrected chi connectivity index (χ3v) is 4.60. The number of esters is 1. The summed E-state index contributed by atoms with van der Waals surface area (Å²) in [5.41, 5.74) is 7.03. The number of hydrogen-bond donors (Lipinski definition) is 2. The topological polar surface area (TPSA) is 81.0 Å². The molecular formula is C15H16BrN3O2. The molecule has 0 atom stereocenters. The van der Waals surface area contributed by atoms with Gasteiger partial charge >= 0.3 is 5.97 Å². The summed E-state index contributed by atoms with van der Waals surface area (Å²) in [5, 5.41) is 0. The van der Waals surface area contributed by atoms with Crippen LogP contribution < -0.4 is 5.73 Å². The number of H-pyrrole nitrogens is 1. The zero-order valence-corrected chi connectivity index (χ0v) is 13.0. The van der Waals surface area contributed by atoms with Crippen molar-refractivity contribution in [2.75, 3.05) is 0 Å². The molecule has 0 unspecified atom stereocenters. The average molecular weight is 350 g/mol. The number of carbonyl (C=O) groups excluding carboxylic acids is 1. The molecule has 5 nitrogen and oxygen atoms in total. The van der Waals surface area contributed by atoms with E-state index in [4.69, 9.17) is 10.5 Å². The van der Waals surface area contributed by atoms with Crippen LogP contribution in [0.2, 0.25) is 0 Å². The second kappa shape index (κ2) is 5.61. The first-order valence-corrected chi connectivity index (χ1v) is 7.63. The van der Waals surface area contributed by atoms with E-state index < -0.39 is 11.5 Å². The molecule has 1 fully saturated rings. The summed E-state index contributed by atoms with van der Waals surface area (Å²) >= 11 is 3.42. The Labute approximate surface area is 131 Å². The van der Waals surface area contributed by atoms with Crippen LogP contribution in [0, 0.1) is 0 Å². The van der Waals surface area contributed by atoms with Crippen molar-refractivity contribution in [1.82, 2.24) is 9.97 Å². The Morgan fingerprint density at radius 2 is 2.19 bits per heavy atom. The first-order valence-electron chi connectivity index (χ1n) is 6.83.